The number of hydrogen-bond donors (Lipinski definition) is 3. The molecule has 5 heteroatoms. The van der Waals surface area contributed by atoms with E-state index in [1.165, 1.54) is 5.56 Å². The van der Waals surface area contributed by atoms with E-state index in [1.807, 2.05) is 0 Å². The van der Waals surface area contributed by atoms with E-state index in [4.69, 9.17) is 5.73 Å². The van der Waals surface area contributed by atoms with Crippen LogP contribution < -0.4 is 16.4 Å². The lowest BCUT2D eigenvalue weighted by Gasteiger charge is -2.21. The molecule has 0 bridgehead atoms. The van der Waals surface area contributed by atoms with Gasteiger partial charge in [0.25, 0.3) is 5.91 Å². The molecule has 2 unspecified atom stereocenters. The van der Waals surface area contributed by atoms with E-state index in [2.05, 4.69) is 41.3 Å². The molecular formula is C18H25N3OS. The summed E-state index contributed by atoms with van der Waals surface area (Å²) >= 11 is 1.72. The molecule has 0 spiro atoms. The molecule has 4 N–H and O–H groups in total. The van der Waals surface area contributed by atoms with Crippen molar-refractivity contribution in [3.8, 4) is 0 Å². The topological polar surface area (TPSA) is 67.1 Å². The van der Waals surface area contributed by atoms with Crippen LogP contribution in [-0.4, -0.2) is 24.5 Å². The highest BCUT2D eigenvalue weighted by Crippen LogP contribution is 2.09. The largest absolute Gasteiger partial charge is 0.399 e. The number of hydrogen-bond acceptors (Lipinski definition) is 4. The number of amides is 1. The van der Waals surface area contributed by atoms with E-state index >= 15 is 0 Å². The van der Waals surface area contributed by atoms with Crippen LogP contribution in [0.5, 0.6) is 0 Å². The predicted molar refractivity (Wildman–Crippen MR) is 97.9 cm³/mol. The molecule has 0 fully saturated rings. The summed E-state index contributed by atoms with van der Waals surface area (Å²) in [6.45, 7) is 5.02. The molecule has 0 radical (unpaired) electrons. The molecule has 2 aromatic rings. The van der Waals surface area contributed by atoms with Crippen LogP contribution in [0, 0.1) is 0 Å². The zero-order valence-electron chi connectivity index (χ0n) is 13.7. The van der Waals surface area contributed by atoms with E-state index in [0.717, 1.165) is 19.4 Å². The van der Waals surface area contributed by atoms with Gasteiger partial charge in [0, 0.05) is 29.9 Å². The lowest BCUT2D eigenvalue weighted by Crippen LogP contribution is -2.44. The van der Waals surface area contributed by atoms with Crippen LogP contribution >= 0.6 is 11.3 Å². The van der Waals surface area contributed by atoms with Gasteiger partial charge in [0.2, 0.25) is 0 Å². The molecule has 1 heterocycles. The van der Waals surface area contributed by atoms with Crippen LogP contribution in [0.25, 0.3) is 0 Å². The Labute approximate surface area is 142 Å². The second-order valence-corrected chi connectivity index (χ2v) is 6.63. The Morgan fingerprint density at radius 2 is 2.00 bits per heavy atom. The predicted octanol–water partition coefficient (Wildman–Crippen LogP) is 3.06. The average molecular weight is 331 g/mol. The maximum atomic E-state index is 12.2. The molecule has 0 saturated heterocycles. The normalized spacial score (nSPS) is 13.5. The average Bonchev–Trinajstić information content (AvgIpc) is 3.04. The molecular weight excluding hydrogens is 306 g/mol. The van der Waals surface area contributed by atoms with Gasteiger partial charge < -0.3 is 16.4 Å². The van der Waals surface area contributed by atoms with Gasteiger partial charge in [-0.1, -0.05) is 6.92 Å². The molecule has 124 valence electrons. The Kier molecular flexibility index (Phi) is 6.62. The molecule has 1 amide bonds. The van der Waals surface area contributed by atoms with Crippen molar-refractivity contribution in [2.75, 3.05) is 12.3 Å². The van der Waals surface area contributed by atoms with Crippen LogP contribution in [-0.2, 0) is 6.42 Å². The molecule has 0 saturated carbocycles. The van der Waals surface area contributed by atoms with E-state index < -0.39 is 0 Å². The first-order chi connectivity index (χ1) is 11.1. The highest BCUT2D eigenvalue weighted by Gasteiger charge is 2.13. The monoisotopic (exact) mass is 331 g/mol. The summed E-state index contributed by atoms with van der Waals surface area (Å²) in [5.41, 5.74) is 8.31. The molecule has 1 aromatic heterocycles. The van der Waals surface area contributed by atoms with Gasteiger partial charge in [-0.05, 0) is 66.4 Å². The van der Waals surface area contributed by atoms with Crippen molar-refractivity contribution in [3.05, 3.63) is 52.2 Å². The van der Waals surface area contributed by atoms with Gasteiger partial charge in [0.1, 0.15) is 0 Å². The third kappa shape index (κ3) is 5.69. The lowest BCUT2D eigenvalue weighted by molar-refractivity contribution is 0.0935. The summed E-state index contributed by atoms with van der Waals surface area (Å²) in [7, 11) is 0. The van der Waals surface area contributed by atoms with Gasteiger partial charge in [0.05, 0.1) is 0 Å². The van der Waals surface area contributed by atoms with Gasteiger partial charge in [-0.25, -0.2) is 0 Å². The number of nitrogen functional groups attached to an aromatic ring is 1. The standard InChI is InChI=1S/C18H25N3OS/c1-3-17(11-20-13(2)10-14-8-9-23-12-14)21-18(22)15-4-6-16(19)7-5-15/h4-9,12-13,17,20H,3,10-11,19H2,1-2H3,(H,21,22). The van der Waals surface area contributed by atoms with Gasteiger partial charge in [0.15, 0.2) is 0 Å². The minimum atomic E-state index is -0.0517. The molecule has 23 heavy (non-hydrogen) atoms. The van der Waals surface area contributed by atoms with Crippen LogP contribution in [0.2, 0.25) is 0 Å². The van der Waals surface area contributed by atoms with E-state index in [1.54, 1.807) is 35.6 Å². The van der Waals surface area contributed by atoms with Crippen molar-refractivity contribution in [3.63, 3.8) is 0 Å². The molecule has 2 rings (SSSR count). The fourth-order valence-corrected chi connectivity index (χ4v) is 3.06. The number of nitrogens with two attached hydrogens (primary N) is 1. The summed E-state index contributed by atoms with van der Waals surface area (Å²) < 4.78 is 0. The first-order valence-electron chi connectivity index (χ1n) is 7.99. The van der Waals surface area contributed by atoms with Crippen LogP contribution in [0.15, 0.2) is 41.1 Å². The minimum absolute atomic E-state index is 0.0517. The Morgan fingerprint density at radius 1 is 1.26 bits per heavy atom. The molecule has 1 aromatic carbocycles. The number of benzene rings is 1. The Hall–Kier alpha value is -1.85. The quantitative estimate of drug-likeness (QED) is 0.651. The van der Waals surface area contributed by atoms with Crippen molar-refractivity contribution in [1.29, 1.82) is 0 Å². The summed E-state index contributed by atoms with van der Waals surface area (Å²) in [4.78, 5) is 12.2. The first-order valence-corrected chi connectivity index (χ1v) is 8.93. The third-order valence-corrected chi connectivity index (χ3v) is 4.57. The maximum Gasteiger partial charge on any atom is 0.251 e. The second-order valence-electron chi connectivity index (χ2n) is 5.85. The van der Waals surface area contributed by atoms with Crippen molar-refractivity contribution in [1.82, 2.24) is 10.6 Å². The van der Waals surface area contributed by atoms with Crippen molar-refractivity contribution in [2.24, 2.45) is 0 Å². The third-order valence-electron chi connectivity index (χ3n) is 3.84. The van der Waals surface area contributed by atoms with E-state index in [0.29, 0.717) is 17.3 Å². The van der Waals surface area contributed by atoms with Gasteiger partial charge in [-0.3, -0.25) is 4.79 Å². The fourth-order valence-electron chi connectivity index (χ4n) is 2.38. The summed E-state index contributed by atoms with van der Waals surface area (Å²) in [6, 6.07) is 9.66. The highest BCUT2D eigenvalue weighted by molar-refractivity contribution is 7.07. The highest BCUT2D eigenvalue weighted by atomic mass is 32.1. The second kappa shape index (κ2) is 8.70. The number of thiophene rings is 1. The van der Waals surface area contributed by atoms with Crippen LogP contribution in [0.1, 0.15) is 36.2 Å². The van der Waals surface area contributed by atoms with Crippen molar-refractivity contribution in [2.45, 2.75) is 38.8 Å². The molecule has 4 nitrogen and oxygen atoms in total. The number of rotatable bonds is 8. The molecule has 2 atom stereocenters. The zero-order chi connectivity index (χ0) is 16.7. The number of anilines is 1. The Morgan fingerprint density at radius 3 is 2.61 bits per heavy atom. The summed E-state index contributed by atoms with van der Waals surface area (Å²) in [6.07, 6.45) is 1.89. The smallest absolute Gasteiger partial charge is 0.251 e. The SMILES string of the molecule is CCC(CNC(C)Cc1ccsc1)NC(=O)c1ccc(N)cc1. The lowest BCUT2D eigenvalue weighted by atomic mass is 10.1. The van der Waals surface area contributed by atoms with Crippen LogP contribution in [0.3, 0.4) is 0 Å². The van der Waals surface area contributed by atoms with Gasteiger partial charge >= 0.3 is 0 Å². The fraction of sp³-hybridized carbons (Fsp3) is 0.389. The number of carbonyl (C=O) groups excluding carboxylic acids is 1. The van der Waals surface area contributed by atoms with Gasteiger partial charge in [-0.2, -0.15) is 11.3 Å². The van der Waals surface area contributed by atoms with Crippen molar-refractivity contribution < 1.29 is 4.79 Å². The molecule has 0 aliphatic rings. The summed E-state index contributed by atoms with van der Waals surface area (Å²) in [5, 5.41) is 10.9. The van der Waals surface area contributed by atoms with E-state index in [9.17, 15) is 4.79 Å². The summed E-state index contributed by atoms with van der Waals surface area (Å²) in [5.74, 6) is -0.0517. The van der Waals surface area contributed by atoms with Crippen molar-refractivity contribution >= 4 is 22.9 Å². The Bertz CT molecular complexity index is 595. The number of carbonyl (C=O) groups is 1. The van der Waals surface area contributed by atoms with Crippen LogP contribution in [0.4, 0.5) is 5.69 Å². The molecule has 0 aliphatic heterocycles. The Balaban J connectivity index is 1.80. The molecule has 0 aliphatic carbocycles. The zero-order valence-corrected chi connectivity index (χ0v) is 14.5. The van der Waals surface area contributed by atoms with E-state index in [-0.39, 0.29) is 11.9 Å². The number of nitrogens with one attached hydrogen (secondary N) is 2. The minimum Gasteiger partial charge on any atom is -0.399 e. The maximum absolute atomic E-state index is 12.2. The van der Waals surface area contributed by atoms with Gasteiger partial charge in [-0.15, -0.1) is 0 Å². The first kappa shape index (κ1) is 17.5.